The number of carbonyl (C=O) groups is 1. The van der Waals surface area contributed by atoms with Crippen LogP contribution in [0.5, 0.6) is 5.75 Å². The maximum absolute atomic E-state index is 10.8. The summed E-state index contributed by atoms with van der Waals surface area (Å²) in [4.78, 5) is 11.4. The minimum absolute atomic E-state index is 0.179. The normalized spacial score (nSPS) is 11.6. The van der Waals surface area contributed by atoms with Gasteiger partial charge >= 0.3 is 6.09 Å². The zero-order valence-electron chi connectivity index (χ0n) is 9.33. The number of nitrogens with two attached hydrogens (primary N) is 1. The van der Waals surface area contributed by atoms with E-state index in [1.807, 2.05) is 20.8 Å². The quantitative estimate of drug-likeness (QED) is 0.882. The molecule has 0 aliphatic heterocycles. The summed E-state index contributed by atoms with van der Waals surface area (Å²) < 4.78 is 5.82. The predicted molar refractivity (Wildman–Crippen MR) is 66.9 cm³/mol. The Bertz CT molecular complexity index is 409. The van der Waals surface area contributed by atoms with Gasteiger partial charge in [0, 0.05) is 5.56 Å². The first-order chi connectivity index (χ1) is 7.27. The first kappa shape index (κ1) is 13.5. The lowest BCUT2D eigenvalue weighted by atomic mass is 9.88. The first-order valence-corrected chi connectivity index (χ1v) is 6.28. The summed E-state index contributed by atoms with van der Waals surface area (Å²) in [5.74, 6) is 0.374. The third kappa shape index (κ3) is 2.75. The number of carbonyl (C=O) groups excluding carboxylic acids is 1. The first-order valence-electron chi connectivity index (χ1n) is 4.67. The van der Waals surface area contributed by atoms with E-state index >= 15 is 0 Å². The smallest absolute Gasteiger partial charge is 0.409 e. The molecule has 0 saturated heterocycles. The molecule has 1 heterocycles. The molecule has 1 aromatic heterocycles. The highest BCUT2D eigenvalue weighted by atomic mass is 79.9. The van der Waals surface area contributed by atoms with Crippen molar-refractivity contribution in [3.8, 4) is 5.75 Å². The van der Waals surface area contributed by atoms with Gasteiger partial charge in [-0.2, -0.15) is 0 Å². The largest absolute Gasteiger partial charge is 0.410 e. The highest BCUT2D eigenvalue weighted by Crippen LogP contribution is 2.45. The van der Waals surface area contributed by atoms with Crippen LogP contribution in [0.2, 0.25) is 0 Å². The molecule has 16 heavy (non-hydrogen) atoms. The number of aliphatic hydroxyl groups excluding tert-OH is 1. The molecule has 1 rings (SSSR count). The third-order valence-corrected chi connectivity index (χ3v) is 3.81. The number of thiophene rings is 1. The standard InChI is InChI=1S/C10H14BrNO3S/c1-10(2,3)6-7(15-9(12)14)5(4-13)16-8(6)11/h13H,4H2,1-3H3,(H2,12,14). The van der Waals surface area contributed by atoms with Gasteiger partial charge in [-0.25, -0.2) is 4.79 Å². The van der Waals surface area contributed by atoms with E-state index in [4.69, 9.17) is 10.5 Å². The van der Waals surface area contributed by atoms with Gasteiger partial charge in [0.15, 0.2) is 5.75 Å². The van der Waals surface area contributed by atoms with Crippen molar-refractivity contribution in [3.05, 3.63) is 14.2 Å². The van der Waals surface area contributed by atoms with Gasteiger partial charge in [0.1, 0.15) is 0 Å². The van der Waals surface area contributed by atoms with E-state index in [2.05, 4.69) is 15.9 Å². The van der Waals surface area contributed by atoms with Gasteiger partial charge in [0.05, 0.1) is 15.3 Å². The molecule has 0 saturated carbocycles. The van der Waals surface area contributed by atoms with E-state index in [9.17, 15) is 9.90 Å². The van der Waals surface area contributed by atoms with Gasteiger partial charge in [-0.15, -0.1) is 11.3 Å². The Morgan fingerprint density at radius 3 is 2.50 bits per heavy atom. The molecule has 0 unspecified atom stereocenters. The van der Waals surface area contributed by atoms with E-state index in [1.54, 1.807) is 0 Å². The van der Waals surface area contributed by atoms with Gasteiger partial charge in [-0.3, -0.25) is 0 Å². The lowest BCUT2D eigenvalue weighted by Crippen LogP contribution is -2.20. The number of hydrogen-bond donors (Lipinski definition) is 2. The molecule has 90 valence electrons. The number of rotatable bonds is 2. The maximum atomic E-state index is 10.8. The topological polar surface area (TPSA) is 72.6 Å². The van der Waals surface area contributed by atoms with E-state index in [1.165, 1.54) is 11.3 Å². The summed E-state index contributed by atoms with van der Waals surface area (Å²) in [7, 11) is 0. The van der Waals surface area contributed by atoms with Crippen molar-refractivity contribution in [1.29, 1.82) is 0 Å². The Kier molecular flexibility index (Phi) is 3.98. The number of primary amides is 1. The fourth-order valence-corrected chi connectivity index (χ4v) is 3.76. The zero-order chi connectivity index (χ0) is 12.5. The second-order valence-corrected chi connectivity index (χ2v) is 6.76. The monoisotopic (exact) mass is 307 g/mol. The lowest BCUT2D eigenvalue weighted by Gasteiger charge is -2.20. The predicted octanol–water partition coefficient (Wildman–Crippen LogP) is 2.76. The van der Waals surface area contributed by atoms with Crippen LogP contribution in [0.3, 0.4) is 0 Å². The van der Waals surface area contributed by atoms with Crippen molar-refractivity contribution in [2.75, 3.05) is 0 Å². The maximum Gasteiger partial charge on any atom is 0.410 e. The molecule has 0 bridgehead atoms. The molecule has 0 aliphatic carbocycles. The molecular formula is C10H14BrNO3S. The van der Waals surface area contributed by atoms with Gasteiger partial charge < -0.3 is 15.6 Å². The second-order valence-electron chi connectivity index (χ2n) is 4.33. The van der Waals surface area contributed by atoms with Crippen molar-refractivity contribution in [3.63, 3.8) is 0 Å². The Hall–Kier alpha value is -0.590. The van der Waals surface area contributed by atoms with E-state index in [0.717, 1.165) is 9.35 Å². The lowest BCUT2D eigenvalue weighted by molar-refractivity contribution is 0.208. The third-order valence-electron chi connectivity index (χ3n) is 1.99. The minimum Gasteiger partial charge on any atom is -0.409 e. The molecular weight excluding hydrogens is 294 g/mol. The van der Waals surface area contributed by atoms with Crippen LogP contribution >= 0.6 is 27.3 Å². The van der Waals surface area contributed by atoms with E-state index < -0.39 is 6.09 Å². The van der Waals surface area contributed by atoms with Crippen LogP contribution in [0, 0.1) is 0 Å². The SMILES string of the molecule is CC(C)(C)c1c(Br)sc(CO)c1OC(N)=O. The summed E-state index contributed by atoms with van der Waals surface area (Å²) in [6.07, 6.45) is -0.870. The van der Waals surface area contributed by atoms with Crippen molar-refractivity contribution < 1.29 is 14.6 Å². The Labute approximate surface area is 107 Å². The summed E-state index contributed by atoms with van der Waals surface area (Å²) >= 11 is 4.75. The van der Waals surface area contributed by atoms with Crippen LogP contribution in [-0.2, 0) is 12.0 Å². The Morgan fingerprint density at radius 2 is 2.12 bits per heavy atom. The summed E-state index contributed by atoms with van der Waals surface area (Å²) in [6, 6.07) is 0. The molecule has 0 spiro atoms. The molecule has 3 N–H and O–H groups in total. The fourth-order valence-electron chi connectivity index (χ4n) is 1.38. The minimum atomic E-state index is -0.870. The zero-order valence-corrected chi connectivity index (χ0v) is 11.7. The average molecular weight is 308 g/mol. The molecule has 0 fully saturated rings. The van der Waals surface area contributed by atoms with Crippen LogP contribution in [0.15, 0.2) is 3.79 Å². The van der Waals surface area contributed by atoms with Gasteiger partial charge in [0.2, 0.25) is 0 Å². The summed E-state index contributed by atoms with van der Waals surface area (Å²) in [6.45, 7) is 5.81. The molecule has 0 atom stereocenters. The Balaban J connectivity index is 3.34. The molecule has 4 nitrogen and oxygen atoms in total. The number of aliphatic hydroxyl groups is 1. The van der Waals surface area contributed by atoms with E-state index in [-0.39, 0.29) is 12.0 Å². The molecule has 0 aliphatic rings. The van der Waals surface area contributed by atoms with Crippen molar-refractivity contribution in [1.82, 2.24) is 0 Å². The number of halogens is 1. The number of amides is 1. The van der Waals surface area contributed by atoms with E-state index in [0.29, 0.717) is 10.6 Å². The number of ether oxygens (including phenoxy) is 1. The van der Waals surface area contributed by atoms with Crippen LogP contribution in [0.4, 0.5) is 4.79 Å². The van der Waals surface area contributed by atoms with Gasteiger partial charge in [-0.05, 0) is 21.3 Å². The van der Waals surface area contributed by atoms with Crippen molar-refractivity contribution in [2.24, 2.45) is 5.73 Å². The van der Waals surface area contributed by atoms with Crippen LogP contribution in [-0.4, -0.2) is 11.2 Å². The van der Waals surface area contributed by atoms with Crippen LogP contribution in [0.1, 0.15) is 31.2 Å². The van der Waals surface area contributed by atoms with Gasteiger partial charge in [0.25, 0.3) is 0 Å². The van der Waals surface area contributed by atoms with Crippen LogP contribution in [0.25, 0.3) is 0 Å². The summed E-state index contributed by atoms with van der Waals surface area (Å²) in [5, 5.41) is 9.19. The van der Waals surface area contributed by atoms with Crippen LogP contribution < -0.4 is 10.5 Å². The molecule has 1 aromatic rings. The second kappa shape index (κ2) is 4.73. The number of hydrogen-bond acceptors (Lipinski definition) is 4. The highest BCUT2D eigenvalue weighted by Gasteiger charge is 2.28. The summed E-state index contributed by atoms with van der Waals surface area (Å²) in [5.41, 5.74) is 5.66. The highest BCUT2D eigenvalue weighted by molar-refractivity contribution is 9.11. The molecule has 6 heteroatoms. The van der Waals surface area contributed by atoms with Crippen molar-refractivity contribution >= 4 is 33.4 Å². The average Bonchev–Trinajstić information content (AvgIpc) is 2.39. The molecule has 1 amide bonds. The molecule has 0 aromatic carbocycles. The Morgan fingerprint density at radius 1 is 1.56 bits per heavy atom. The van der Waals surface area contributed by atoms with Gasteiger partial charge in [-0.1, -0.05) is 20.8 Å². The van der Waals surface area contributed by atoms with Crippen molar-refractivity contribution in [2.45, 2.75) is 32.8 Å². The molecule has 0 radical (unpaired) electrons. The fraction of sp³-hybridized carbons (Fsp3) is 0.500.